The Bertz CT molecular complexity index is 178. The highest BCUT2D eigenvalue weighted by molar-refractivity contribution is 5.23. The van der Waals surface area contributed by atoms with E-state index in [1.54, 1.807) is 6.08 Å². The first-order valence-electron chi connectivity index (χ1n) is 3.45. The molecule has 0 saturated carbocycles. The van der Waals surface area contributed by atoms with Crippen molar-refractivity contribution < 1.29 is 9.84 Å². The topological polar surface area (TPSA) is 29.5 Å². The Kier molecular flexibility index (Phi) is 5.21. The molecular formula is C9H14O2. The number of aliphatic hydroxyl groups is 1. The third kappa shape index (κ3) is 4.39. The maximum atomic E-state index is 8.42. The lowest BCUT2D eigenvalue weighted by Crippen LogP contribution is -1.90. The van der Waals surface area contributed by atoms with Gasteiger partial charge in [-0.25, -0.2) is 0 Å². The van der Waals surface area contributed by atoms with Crippen LogP contribution >= 0.6 is 0 Å². The molecule has 0 atom stereocenters. The van der Waals surface area contributed by atoms with Crippen LogP contribution in [0.4, 0.5) is 0 Å². The summed E-state index contributed by atoms with van der Waals surface area (Å²) < 4.78 is 4.82. The fraction of sp³-hybridized carbons (Fsp3) is 0.333. The van der Waals surface area contributed by atoms with Crippen molar-refractivity contribution in [1.82, 2.24) is 0 Å². The maximum Gasteiger partial charge on any atom is 0.186 e. The van der Waals surface area contributed by atoms with E-state index in [0.29, 0.717) is 5.76 Å². The largest absolute Gasteiger partial charge is 0.468 e. The van der Waals surface area contributed by atoms with E-state index in [-0.39, 0.29) is 6.79 Å². The van der Waals surface area contributed by atoms with Gasteiger partial charge in [0.25, 0.3) is 0 Å². The van der Waals surface area contributed by atoms with Crippen molar-refractivity contribution in [3.8, 4) is 0 Å². The second kappa shape index (κ2) is 5.74. The Morgan fingerprint density at radius 1 is 1.64 bits per heavy atom. The molecule has 0 unspecified atom stereocenters. The summed E-state index contributed by atoms with van der Waals surface area (Å²) in [5.74, 6) is 0.586. The van der Waals surface area contributed by atoms with Gasteiger partial charge >= 0.3 is 0 Å². The highest BCUT2D eigenvalue weighted by Crippen LogP contribution is 2.03. The van der Waals surface area contributed by atoms with Crippen LogP contribution in [0.1, 0.15) is 13.8 Å². The minimum absolute atomic E-state index is 0.311. The predicted octanol–water partition coefficient (Wildman–Crippen LogP) is 1.99. The van der Waals surface area contributed by atoms with Crippen molar-refractivity contribution >= 4 is 0 Å². The summed E-state index contributed by atoms with van der Waals surface area (Å²) in [7, 11) is 0. The molecular weight excluding hydrogens is 140 g/mol. The van der Waals surface area contributed by atoms with Crippen LogP contribution in [0.2, 0.25) is 0 Å². The van der Waals surface area contributed by atoms with Gasteiger partial charge < -0.3 is 9.84 Å². The third-order valence-corrected chi connectivity index (χ3v) is 1.26. The summed E-state index contributed by atoms with van der Waals surface area (Å²) in [6.07, 6.45) is 5.32. The first-order chi connectivity index (χ1) is 5.24. The molecule has 0 aliphatic carbocycles. The second-order valence-electron chi connectivity index (χ2n) is 2.06. The molecule has 0 radical (unpaired) electrons. The highest BCUT2D eigenvalue weighted by atomic mass is 16.6. The van der Waals surface area contributed by atoms with E-state index in [1.165, 1.54) is 0 Å². The molecule has 0 heterocycles. The normalized spacial score (nSPS) is 13.0. The van der Waals surface area contributed by atoms with Crippen LogP contribution in [0, 0.1) is 0 Å². The maximum absolute atomic E-state index is 8.42. The number of allylic oxidation sites excluding steroid dienone is 4. The number of ether oxygens (including phenoxy) is 1. The van der Waals surface area contributed by atoms with Crippen LogP contribution < -0.4 is 0 Å². The zero-order valence-corrected chi connectivity index (χ0v) is 7.00. The quantitative estimate of drug-likeness (QED) is 0.381. The number of hydrogen-bond donors (Lipinski definition) is 1. The van der Waals surface area contributed by atoms with E-state index in [4.69, 9.17) is 9.84 Å². The van der Waals surface area contributed by atoms with Crippen LogP contribution in [-0.2, 0) is 4.74 Å². The molecule has 0 aliphatic heterocycles. The van der Waals surface area contributed by atoms with Crippen LogP contribution in [0.15, 0.2) is 36.1 Å². The Morgan fingerprint density at radius 2 is 2.27 bits per heavy atom. The summed E-state index contributed by atoms with van der Waals surface area (Å²) in [6.45, 7) is 7.11. The van der Waals surface area contributed by atoms with Gasteiger partial charge in [0, 0.05) is 0 Å². The first kappa shape index (κ1) is 9.98. The molecule has 0 aliphatic rings. The van der Waals surface area contributed by atoms with Crippen LogP contribution in [0.25, 0.3) is 0 Å². The zero-order chi connectivity index (χ0) is 8.69. The van der Waals surface area contributed by atoms with Crippen molar-refractivity contribution in [3.63, 3.8) is 0 Å². The van der Waals surface area contributed by atoms with Crippen molar-refractivity contribution in [2.24, 2.45) is 0 Å². The fourth-order valence-corrected chi connectivity index (χ4v) is 0.542. The molecule has 0 aromatic heterocycles. The van der Waals surface area contributed by atoms with Gasteiger partial charge in [0.05, 0.1) is 0 Å². The van der Waals surface area contributed by atoms with Crippen molar-refractivity contribution in [2.45, 2.75) is 13.8 Å². The Hall–Kier alpha value is -1.02. The molecule has 0 spiro atoms. The van der Waals surface area contributed by atoms with Gasteiger partial charge in [-0.3, -0.25) is 0 Å². The molecule has 11 heavy (non-hydrogen) atoms. The molecule has 62 valence electrons. The SMILES string of the molecule is C=C/C(=C\C(C)=C/C)OCO. The molecule has 0 bridgehead atoms. The standard InChI is InChI=1S/C9H14O2/c1-4-8(3)6-9(5-2)11-7-10/h4-6,10H,2,7H2,1,3H3/b8-4-,9-6+. The lowest BCUT2D eigenvalue weighted by atomic mass is 10.2. The van der Waals surface area contributed by atoms with E-state index < -0.39 is 0 Å². The predicted molar refractivity (Wildman–Crippen MR) is 45.9 cm³/mol. The third-order valence-electron chi connectivity index (χ3n) is 1.26. The molecule has 0 saturated heterocycles. The fourth-order valence-electron chi connectivity index (χ4n) is 0.542. The lowest BCUT2D eigenvalue weighted by Gasteiger charge is -2.01. The zero-order valence-electron chi connectivity index (χ0n) is 7.00. The summed E-state index contributed by atoms with van der Waals surface area (Å²) in [5, 5.41) is 8.42. The monoisotopic (exact) mass is 154 g/mol. The van der Waals surface area contributed by atoms with Gasteiger partial charge in [-0.05, 0) is 26.0 Å². The van der Waals surface area contributed by atoms with Gasteiger partial charge in [-0.1, -0.05) is 18.2 Å². The average Bonchev–Trinajstić information content (AvgIpc) is 2.03. The summed E-state index contributed by atoms with van der Waals surface area (Å²) in [5.41, 5.74) is 1.08. The molecule has 0 aromatic carbocycles. The van der Waals surface area contributed by atoms with Crippen LogP contribution in [-0.4, -0.2) is 11.9 Å². The summed E-state index contributed by atoms with van der Waals surface area (Å²) >= 11 is 0. The Labute approximate surface area is 67.5 Å². The molecule has 0 amide bonds. The lowest BCUT2D eigenvalue weighted by molar-refractivity contribution is 0.0480. The smallest absolute Gasteiger partial charge is 0.186 e. The molecule has 0 aromatic rings. The van der Waals surface area contributed by atoms with E-state index >= 15 is 0 Å². The molecule has 1 N–H and O–H groups in total. The average molecular weight is 154 g/mol. The van der Waals surface area contributed by atoms with Gasteiger partial charge in [0.15, 0.2) is 6.79 Å². The van der Waals surface area contributed by atoms with E-state index in [0.717, 1.165) is 5.57 Å². The second-order valence-corrected chi connectivity index (χ2v) is 2.06. The van der Waals surface area contributed by atoms with Gasteiger partial charge in [0.2, 0.25) is 0 Å². The molecule has 2 nitrogen and oxygen atoms in total. The summed E-state index contributed by atoms with van der Waals surface area (Å²) in [4.78, 5) is 0. The Balaban J connectivity index is 4.22. The minimum Gasteiger partial charge on any atom is -0.468 e. The van der Waals surface area contributed by atoms with Crippen LogP contribution in [0.5, 0.6) is 0 Å². The van der Waals surface area contributed by atoms with E-state index in [2.05, 4.69) is 6.58 Å². The molecule has 0 fully saturated rings. The Morgan fingerprint density at radius 3 is 2.64 bits per heavy atom. The highest BCUT2D eigenvalue weighted by Gasteiger charge is 1.89. The number of hydrogen-bond acceptors (Lipinski definition) is 2. The first-order valence-corrected chi connectivity index (χ1v) is 3.45. The van der Waals surface area contributed by atoms with Crippen molar-refractivity contribution in [1.29, 1.82) is 0 Å². The van der Waals surface area contributed by atoms with Crippen molar-refractivity contribution in [3.05, 3.63) is 36.1 Å². The van der Waals surface area contributed by atoms with Crippen molar-refractivity contribution in [2.75, 3.05) is 6.79 Å². The summed E-state index contributed by atoms with van der Waals surface area (Å²) in [6, 6.07) is 0. The molecule has 2 heteroatoms. The van der Waals surface area contributed by atoms with E-state index in [1.807, 2.05) is 26.0 Å². The van der Waals surface area contributed by atoms with Gasteiger partial charge in [0.1, 0.15) is 5.76 Å². The number of rotatable bonds is 4. The van der Waals surface area contributed by atoms with E-state index in [9.17, 15) is 0 Å². The van der Waals surface area contributed by atoms with Gasteiger partial charge in [-0.15, -0.1) is 0 Å². The molecule has 0 rings (SSSR count). The van der Waals surface area contributed by atoms with Gasteiger partial charge in [-0.2, -0.15) is 0 Å². The minimum atomic E-state index is -0.311. The number of aliphatic hydroxyl groups excluding tert-OH is 1. The van der Waals surface area contributed by atoms with Crippen LogP contribution in [0.3, 0.4) is 0 Å².